The molecular formula is C15H17FN2O3. The van der Waals surface area contributed by atoms with Gasteiger partial charge in [0.2, 0.25) is 0 Å². The third kappa shape index (κ3) is 2.24. The number of nitrogen functional groups attached to an aromatic ring is 1. The van der Waals surface area contributed by atoms with E-state index in [0.717, 1.165) is 25.3 Å². The number of halogens is 1. The van der Waals surface area contributed by atoms with E-state index in [4.69, 9.17) is 5.73 Å². The molecule has 3 rings (SSSR count). The summed E-state index contributed by atoms with van der Waals surface area (Å²) in [5.74, 6) is -1.81. The van der Waals surface area contributed by atoms with Crippen molar-refractivity contribution in [3.8, 4) is 0 Å². The second-order valence-electron chi connectivity index (χ2n) is 5.83. The predicted octanol–water partition coefficient (Wildman–Crippen LogP) is 1.73. The van der Waals surface area contributed by atoms with Gasteiger partial charge in [-0.1, -0.05) is 6.42 Å². The molecule has 21 heavy (non-hydrogen) atoms. The fourth-order valence-electron chi connectivity index (χ4n) is 3.66. The normalized spacial score (nSPS) is 27.7. The van der Waals surface area contributed by atoms with Crippen LogP contribution in [-0.4, -0.2) is 34.5 Å². The highest BCUT2D eigenvalue weighted by Crippen LogP contribution is 2.42. The number of hydrogen-bond donors (Lipinski definition) is 2. The van der Waals surface area contributed by atoms with Gasteiger partial charge in [0.15, 0.2) is 0 Å². The summed E-state index contributed by atoms with van der Waals surface area (Å²) >= 11 is 0. The van der Waals surface area contributed by atoms with Gasteiger partial charge in [-0.3, -0.25) is 4.79 Å². The Morgan fingerprint density at radius 1 is 1.33 bits per heavy atom. The maximum absolute atomic E-state index is 13.5. The zero-order chi connectivity index (χ0) is 15.1. The maximum atomic E-state index is 13.5. The van der Waals surface area contributed by atoms with Gasteiger partial charge in [0, 0.05) is 12.1 Å². The first-order chi connectivity index (χ1) is 9.99. The molecule has 3 N–H and O–H groups in total. The lowest BCUT2D eigenvalue weighted by molar-refractivity contribution is -0.142. The molecular weight excluding hydrogens is 275 g/mol. The molecule has 2 aliphatic rings. The molecule has 1 heterocycles. The zero-order valence-electron chi connectivity index (χ0n) is 11.5. The van der Waals surface area contributed by atoms with Crippen LogP contribution in [0.25, 0.3) is 0 Å². The highest BCUT2D eigenvalue weighted by molar-refractivity contribution is 5.97. The van der Waals surface area contributed by atoms with Crippen LogP contribution in [0.2, 0.25) is 0 Å². The van der Waals surface area contributed by atoms with Gasteiger partial charge in [-0.2, -0.15) is 0 Å². The summed E-state index contributed by atoms with van der Waals surface area (Å²) in [6.45, 7) is 0.437. The largest absolute Gasteiger partial charge is 0.480 e. The summed E-state index contributed by atoms with van der Waals surface area (Å²) in [5, 5.41) is 9.44. The molecule has 1 aliphatic heterocycles. The van der Waals surface area contributed by atoms with Gasteiger partial charge in [0.1, 0.15) is 11.9 Å². The van der Waals surface area contributed by atoms with E-state index in [-0.39, 0.29) is 23.1 Å². The van der Waals surface area contributed by atoms with Crippen LogP contribution >= 0.6 is 0 Å². The molecule has 6 heteroatoms. The number of carbonyl (C=O) groups is 2. The first-order valence-corrected chi connectivity index (χ1v) is 7.08. The van der Waals surface area contributed by atoms with Crippen LogP contribution in [0.1, 0.15) is 29.6 Å². The van der Waals surface area contributed by atoms with E-state index in [1.54, 1.807) is 0 Å². The SMILES string of the molecule is Nc1ccc(C(=O)N2CC3CCCC3C2C(=O)O)cc1F. The smallest absolute Gasteiger partial charge is 0.326 e. The molecule has 2 fully saturated rings. The minimum atomic E-state index is -0.978. The lowest BCUT2D eigenvalue weighted by atomic mass is 9.94. The van der Waals surface area contributed by atoms with E-state index in [9.17, 15) is 19.1 Å². The molecule has 0 bridgehead atoms. The van der Waals surface area contributed by atoms with E-state index >= 15 is 0 Å². The highest BCUT2D eigenvalue weighted by atomic mass is 19.1. The first kappa shape index (κ1) is 13.9. The Morgan fingerprint density at radius 2 is 2.10 bits per heavy atom. The van der Waals surface area contributed by atoms with Crippen molar-refractivity contribution in [2.45, 2.75) is 25.3 Å². The summed E-state index contributed by atoms with van der Waals surface area (Å²) in [4.78, 5) is 25.4. The van der Waals surface area contributed by atoms with E-state index in [0.29, 0.717) is 6.54 Å². The van der Waals surface area contributed by atoms with Crippen molar-refractivity contribution < 1.29 is 19.1 Å². The fourth-order valence-corrected chi connectivity index (χ4v) is 3.66. The van der Waals surface area contributed by atoms with Crippen LogP contribution in [0.3, 0.4) is 0 Å². The Morgan fingerprint density at radius 3 is 2.76 bits per heavy atom. The van der Waals surface area contributed by atoms with Crippen LogP contribution in [0, 0.1) is 17.7 Å². The number of amides is 1. The molecule has 1 aromatic carbocycles. The third-order valence-electron chi connectivity index (χ3n) is 4.65. The quantitative estimate of drug-likeness (QED) is 0.813. The number of aliphatic carboxylic acids is 1. The summed E-state index contributed by atoms with van der Waals surface area (Å²) < 4.78 is 13.5. The monoisotopic (exact) mass is 292 g/mol. The van der Waals surface area contributed by atoms with Crippen molar-refractivity contribution in [1.29, 1.82) is 0 Å². The molecule has 3 unspecified atom stereocenters. The van der Waals surface area contributed by atoms with Gasteiger partial charge < -0.3 is 15.7 Å². The number of fused-ring (bicyclic) bond motifs is 1. The Balaban J connectivity index is 1.89. The number of benzene rings is 1. The zero-order valence-corrected chi connectivity index (χ0v) is 11.5. The predicted molar refractivity (Wildman–Crippen MR) is 74.1 cm³/mol. The third-order valence-corrected chi connectivity index (χ3v) is 4.65. The second-order valence-corrected chi connectivity index (χ2v) is 5.83. The van der Waals surface area contributed by atoms with Crippen LogP contribution in [0.5, 0.6) is 0 Å². The molecule has 1 amide bonds. The number of carboxylic acid groups (broad SMARTS) is 1. The van der Waals surface area contributed by atoms with Gasteiger partial charge >= 0.3 is 5.97 Å². The highest BCUT2D eigenvalue weighted by Gasteiger charge is 2.49. The van der Waals surface area contributed by atoms with Gasteiger partial charge in [0.25, 0.3) is 5.91 Å². The van der Waals surface area contributed by atoms with Crippen molar-refractivity contribution in [3.63, 3.8) is 0 Å². The number of carboxylic acids is 1. The van der Waals surface area contributed by atoms with Gasteiger partial charge in [-0.05, 0) is 42.9 Å². The maximum Gasteiger partial charge on any atom is 0.326 e. The van der Waals surface area contributed by atoms with Gasteiger partial charge in [-0.25, -0.2) is 9.18 Å². The summed E-state index contributed by atoms with van der Waals surface area (Å²) in [7, 11) is 0. The Kier molecular flexibility index (Phi) is 3.31. The van der Waals surface area contributed by atoms with Crippen molar-refractivity contribution in [2.24, 2.45) is 11.8 Å². The number of anilines is 1. The van der Waals surface area contributed by atoms with Crippen LogP contribution in [0.15, 0.2) is 18.2 Å². The molecule has 1 aliphatic carbocycles. The molecule has 3 atom stereocenters. The lowest BCUT2D eigenvalue weighted by Gasteiger charge is -2.24. The topological polar surface area (TPSA) is 83.6 Å². The number of hydrogen-bond acceptors (Lipinski definition) is 3. The molecule has 1 saturated carbocycles. The van der Waals surface area contributed by atoms with Crippen LogP contribution < -0.4 is 5.73 Å². The number of rotatable bonds is 2. The van der Waals surface area contributed by atoms with Crippen molar-refractivity contribution in [2.75, 3.05) is 12.3 Å². The minimum Gasteiger partial charge on any atom is -0.480 e. The molecule has 112 valence electrons. The number of nitrogens with zero attached hydrogens (tertiary/aromatic N) is 1. The number of carbonyl (C=O) groups excluding carboxylic acids is 1. The van der Waals surface area contributed by atoms with E-state index in [2.05, 4.69) is 0 Å². The van der Waals surface area contributed by atoms with E-state index in [1.165, 1.54) is 17.0 Å². The van der Waals surface area contributed by atoms with Crippen LogP contribution in [-0.2, 0) is 4.79 Å². The van der Waals surface area contributed by atoms with E-state index < -0.39 is 23.7 Å². The van der Waals surface area contributed by atoms with Gasteiger partial charge in [0.05, 0.1) is 5.69 Å². The average molecular weight is 292 g/mol. The van der Waals surface area contributed by atoms with Crippen LogP contribution in [0.4, 0.5) is 10.1 Å². The first-order valence-electron chi connectivity index (χ1n) is 7.08. The second kappa shape index (κ2) is 5.02. The van der Waals surface area contributed by atoms with E-state index in [1.807, 2.05) is 0 Å². The minimum absolute atomic E-state index is 0.0186. The molecule has 0 radical (unpaired) electrons. The standard InChI is InChI=1S/C15H17FN2O3/c16-11-6-8(4-5-12(11)17)14(19)18-7-9-2-1-3-10(9)13(18)15(20)21/h4-6,9-10,13H,1-3,7,17H2,(H,20,21). The average Bonchev–Trinajstić information content (AvgIpc) is 3.00. The summed E-state index contributed by atoms with van der Waals surface area (Å²) in [5.41, 5.74) is 5.52. The molecule has 0 spiro atoms. The Labute approximate surface area is 121 Å². The Bertz CT molecular complexity index is 605. The fraction of sp³-hybridized carbons (Fsp3) is 0.467. The molecule has 1 aromatic rings. The van der Waals surface area contributed by atoms with Crippen molar-refractivity contribution in [3.05, 3.63) is 29.6 Å². The van der Waals surface area contributed by atoms with Gasteiger partial charge in [-0.15, -0.1) is 0 Å². The van der Waals surface area contributed by atoms with Crippen molar-refractivity contribution >= 4 is 17.6 Å². The van der Waals surface area contributed by atoms with Crippen molar-refractivity contribution in [1.82, 2.24) is 4.90 Å². The number of likely N-dealkylation sites (tertiary alicyclic amines) is 1. The summed E-state index contributed by atoms with van der Waals surface area (Å²) in [6, 6.07) is 3.04. The molecule has 5 nitrogen and oxygen atoms in total. The Hall–Kier alpha value is -2.11. The molecule has 1 saturated heterocycles. The summed E-state index contributed by atoms with van der Waals surface area (Å²) in [6.07, 6.45) is 2.80. The lowest BCUT2D eigenvalue weighted by Crippen LogP contribution is -2.43. The molecule has 0 aromatic heterocycles. The number of nitrogens with two attached hydrogens (primary N) is 1.